The summed E-state index contributed by atoms with van der Waals surface area (Å²) in [5, 5.41) is 5.45. The molecule has 0 saturated carbocycles. The maximum absolute atomic E-state index is 6.72. The molecule has 2 heterocycles. The van der Waals surface area contributed by atoms with Crippen LogP contribution in [0.1, 0.15) is 48.4 Å². The van der Waals surface area contributed by atoms with Gasteiger partial charge in [0.15, 0.2) is 0 Å². The van der Waals surface area contributed by atoms with E-state index in [9.17, 15) is 0 Å². The molecule has 2 nitrogen and oxygen atoms in total. The molecule has 5 rings (SSSR count). The van der Waals surface area contributed by atoms with E-state index in [0.717, 1.165) is 40.6 Å². The maximum Gasteiger partial charge on any atom is 0.0636 e. The average molecular weight is 451 g/mol. The van der Waals surface area contributed by atoms with Crippen LogP contribution >= 0.6 is 23.2 Å². The number of hydrogen-bond acceptors (Lipinski definition) is 2. The number of fused-ring (bicyclic) bond motifs is 2. The van der Waals surface area contributed by atoms with Gasteiger partial charge in [0.25, 0.3) is 0 Å². The third-order valence-corrected chi connectivity index (χ3v) is 7.61. The Kier molecular flexibility index (Phi) is 6.34. The van der Waals surface area contributed by atoms with Gasteiger partial charge in [-0.3, -0.25) is 4.90 Å². The molecule has 3 aromatic rings. The van der Waals surface area contributed by atoms with Crippen molar-refractivity contribution in [3.8, 4) is 0 Å². The first-order valence-corrected chi connectivity index (χ1v) is 12.0. The zero-order chi connectivity index (χ0) is 21.2. The molecule has 1 N–H and O–H groups in total. The normalized spacial score (nSPS) is 23.4. The summed E-state index contributed by atoms with van der Waals surface area (Å²) in [6, 6.07) is 28.9. The van der Waals surface area contributed by atoms with Crippen molar-refractivity contribution in [2.75, 3.05) is 0 Å². The summed E-state index contributed by atoms with van der Waals surface area (Å²) in [4.78, 5) is 2.71. The fourth-order valence-corrected chi connectivity index (χ4v) is 6.02. The fourth-order valence-electron chi connectivity index (χ4n) is 5.54. The number of halogens is 2. The van der Waals surface area contributed by atoms with E-state index in [0.29, 0.717) is 18.1 Å². The van der Waals surface area contributed by atoms with Crippen molar-refractivity contribution in [2.24, 2.45) is 0 Å². The topological polar surface area (TPSA) is 15.3 Å². The first-order valence-electron chi connectivity index (χ1n) is 11.2. The Bertz CT molecular complexity index is 963. The molecule has 2 saturated heterocycles. The second-order valence-electron chi connectivity index (χ2n) is 8.81. The maximum atomic E-state index is 6.72. The zero-order valence-corrected chi connectivity index (χ0v) is 19.1. The molecule has 0 aliphatic carbocycles. The van der Waals surface area contributed by atoms with Gasteiger partial charge >= 0.3 is 0 Å². The number of nitrogens with zero attached hydrogens (tertiary/aromatic N) is 1. The first-order chi connectivity index (χ1) is 15.2. The molecule has 2 bridgehead atoms. The van der Waals surface area contributed by atoms with Gasteiger partial charge in [-0.2, -0.15) is 0 Å². The van der Waals surface area contributed by atoms with Crippen molar-refractivity contribution in [3.63, 3.8) is 0 Å². The Balaban J connectivity index is 1.41. The monoisotopic (exact) mass is 450 g/mol. The predicted molar refractivity (Wildman–Crippen MR) is 130 cm³/mol. The summed E-state index contributed by atoms with van der Waals surface area (Å²) in [6.07, 6.45) is 4.79. The first kappa shape index (κ1) is 21.0. The van der Waals surface area contributed by atoms with Crippen LogP contribution in [0.2, 0.25) is 10.0 Å². The molecule has 0 amide bonds. The SMILES string of the molecule is Clc1ccccc1C(c1ccccc1Cl)N1C2CCC1CC(NCc1ccccc1)C2. The number of nitrogens with one attached hydrogen (secondary N) is 1. The summed E-state index contributed by atoms with van der Waals surface area (Å²) < 4.78 is 0. The van der Waals surface area contributed by atoms with Gasteiger partial charge in [-0.1, -0.05) is 89.9 Å². The third kappa shape index (κ3) is 4.40. The fraction of sp³-hybridized carbons (Fsp3) is 0.333. The minimum absolute atomic E-state index is 0.0926. The average Bonchev–Trinajstić information content (AvgIpc) is 3.04. The van der Waals surface area contributed by atoms with Gasteiger partial charge in [0.1, 0.15) is 0 Å². The molecule has 2 atom stereocenters. The molecule has 31 heavy (non-hydrogen) atoms. The van der Waals surface area contributed by atoms with Crippen LogP contribution in [0.15, 0.2) is 78.9 Å². The largest absolute Gasteiger partial charge is 0.310 e. The van der Waals surface area contributed by atoms with E-state index in [1.807, 2.05) is 24.3 Å². The van der Waals surface area contributed by atoms with Crippen molar-refractivity contribution in [2.45, 2.75) is 56.4 Å². The predicted octanol–water partition coefficient (Wildman–Crippen LogP) is 6.87. The molecule has 3 aromatic carbocycles. The summed E-state index contributed by atoms with van der Waals surface area (Å²) in [5.74, 6) is 0. The van der Waals surface area contributed by atoms with Crippen LogP contribution in [0.4, 0.5) is 0 Å². The van der Waals surface area contributed by atoms with Crippen LogP contribution in [-0.4, -0.2) is 23.0 Å². The molecule has 0 spiro atoms. The van der Waals surface area contributed by atoms with Crippen molar-refractivity contribution < 1.29 is 0 Å². The number of piperidine rings is 1. The summed E-state index contributed by atoms with van der Waals surface area (Å²) in [5.41, 5.74) is 3.66. The Morgan fingerprint density at radius 2 is 1.26 bits per heavy atom. The second-order valence-corrected chi connectivity index (χ2v) is 9.63. The number of hydrogen-bond donors (Lipinski definition) is 1. The minimum atomic E-state index is 0.0926. The summed E-state index contributed by atoms with van der Waals surface area (Å²) in [6.45, 7) is 0.934. The number of rotatable bonds is 6. The van der Waals surface area contributed by atoms with Crippen LogP contribution in [-0.2, 0) is 6.54 Å². The molecule has 2 unspecified atom stereocenters. The molecule has 4 heteroatoms. The molecule has 160 valence electrons. The van der Waals surface area contributed by atoms with E-state index >= 15 is 0 Å². The van der Waals surface area contributed by atoms with E-state index < -0.39 is 0 Å². The van der Waals surface area contributed by atoms with Gasteiger partial charge in [0, 0.05) is 34.7 Å². The van der Waals surface area contributed by atoms with Gasteiger partial charge in [0.05, 0.1) is 6.04 Å². The lowest BCUT2D eigenvalue weighted by Gasteiger charge is -2.44. The van der Waals surface area contributed by atoms with Crippen molar-refractivity contribution in [3.05, 3.63) is 106 Å². The van der Waals surface area contributed by atoms with Crippen LogP contribution < -0.4 is 5.32 Å². The Morgan fingerprint density at radius 3 is 1.81 bits per heavy atom. The highest BCUT2D eigenvalue weighted by Gasteiger charge is 2.45. The smallest absolute Gasteiger partial charge is 0.0636 e. The van der Waals surface area contributed by atoms with Gasteiger partial charge in [0.2, 0.25) is 0 Å². The Morgan fingerprint density at radius 1 is 0.742 bits per heavy atom. The molecule has 0 aromatic heterocycles. The van der Waals surface area contributed by atoms with Gasteiger partial charge in [-0.15, -0.1) is 0 Å². The Labute approximate surface area is 195 Å². The molecular weight excluding hydrogens is 423 g/mol. The van der Waals surface area contributed by atoms with Crippen molar-refractivity contribution >= 4 is 23.2 Å². The van der Waals surface area contributed by atoms with E-state index in [1.165, 1.54) is 18.4 Å². The van der Waals surface area contributed by atoms with Gasteiger partial charge in [-0.05, 0) is 54.5 Å². The van der Waals surface area contributed by atoms with Gasteiger partial charge < -0.3 is 5.32 Å². The minimum Gasteiger partial charge on any atom is -0.310 e. The lowest BCUT2D eigenvalue weighted by atomic mass is 9.89. The molecule has 2 aliphatic rings. The summed E-state index contributed by atoms with van der Waals surface area (Å²) in [7, 11) is 0. The van der Waals surface area contributed by atoms with Crippen LogP contribution in [0.25, 0.3) is 0 Å². The second kappa shape index (κ2) is 9.34. The van der Waals surface area contributed by atoms with Crippen LogP contribution in [0, 0.1) is 0 Å². The van der Waals surface area contributed by atoms with E-state index in [4.69, 9.17) is 23.2 Å². The highest BCUT2D eigenvalue weighted by Crippen LogP contribution is 2.46. The van der Waals surface area contributed by atoms with Crippen molar-refractivity contribution in [1.29, 1.82) is 0 Å². The molecule has 0 radical (unpaired) electrons. The number of benzene rings is 3. The highest BCUT2D eigenvalue weighted by molar-refractivity contribution is 6.32. The molecule has 2 aliphatic heterocycles. The third-order valence-electron chi connectivity index (χ3n) is 6.93. The van der Waals surface area contributed by atoms with Crippen LogP contribution in [0.5, 0.6) is 0 Å². The van der Waals surface area contributed by atoms with Crippen LogP contribution in [0.3, 0.4) is 0 Å². The molecular formula is C27H28Cl2N2. The molecule has 2 fully saturated rings. The quantitative estimate of drug-likeness (QED) is 0.440. The van der Waals surface area contributed by atoms with E-state index in [-0.39, 0.29) is 6.04 Å². The van der Waals surface area contributed by atoms with Gasteiger partial charge in [-0.25, -0.2) is 0 Å². The van der Waals surface area contributed by atoms with E-state index in [1.54, 1.807) is 0 Å². The lowest BCUT2D eigenvalue weighted by Crippen LogP contribution is -2.50. The van der Waals surface area contributed by atoms with E-state index in [2.05, 4.69) is 64.8 Å². The highest BCUT2D eigenvalue weighted by atomic mass is 35.5. The zero-order valence-electron chi connectivity index (χ0n) is 17.6. The summed E-state index contributed by atoms with van der Waals surface area (Å²) >= 11 is 13.4. The lowest BCUT2D eigenvalue weighted by molar-refractivity contribution is 0.0854. The standard InChI is InChI=1S/C27H28Cl2N2/c28-25-12-6-4-10-23(25)27(24-11-5-7-13-26(24)29)31-21-14-15-22(31)17-20(16-21)30-18-19-8-2-1-3-9-19/h1-13,20-22,27,30H,14-18H2. The Hall–Kier alpha value is -1.84. The van der Waals surface area contributed by atoms with Crippen molar-refractivity contribution in [1.82, 2.24) is 10.2 Å².